The van der Waals surface area contributed by atoms with Crippen molar-refractivity contribution in [2.24, 2.45) is 16.5 Å². The molecule has 0 radical (unpaired) electrons. The van der Waals surface area contributed by atoms with E-state index >= 15 is 0 Å². The largest absolute Gasteiger partial charge is 0.491 e. The number of ether oxygens (including phenoxy) is 1. The van der Waals surface area contributed by atoms with Crippen molar-refractivity contribution in [3.8, 4) is 5.75 Å². The first-order valence-corrected chi connectivity index (χ1v) is 7.68. The van der Waals surface area contributed by atoms with Gasteiger partial charge in [-0.3, -0.25) is 0 Å². The summed E-state index contributed by atoms with van der Waals surface area (Å²) < 4.78 is 5.87. The van der Waals surface area contributed by atoms with Crippen LogP contribution in [-0.4, -0.2) is 18.1 Å². The van der Waals surface area contributed by atoms with E-state index in [9.17, 15) is 4.79 Å². The van der Waals surface area contributed by atoms with Crippen LogP contribution in [0.25, 0.3) is 0 Å². The van der Waals surface area contributed by atoms with Crippen molar-refractivity contribution in [2.75, 3.05) is 0 Å². The fourth-order valence-corrected chi connectivity index (χ4v) is 2.34. The number of carbonyl (C=O) groups excluding carboxylic acids is 1. The number of benzene rings is 2. The lowest BCUT2D eigenvalue weighted by Crippen LogP contribution is -2.31. The van der Waals surface area contributed by atoms with Crippen LogP contribution >= 0.6 is 0 Å². The Kier molecular flexibility index (Phi) is 5.78. The summed E-state index contributed by atoms with van der Waals surface area (Å²) in [5.41, 5.74) is 12.3. The predicted octanol–water partition coefficient (Wildman–Crippen LogP) is 2.55. The Balaban J connectivity index is 2.43. The van der Waals surface area contributed by atoms with E-state index in [-0.39, 0.29) is 12.1 Å². The van der Waals surface area contributed by atoms with Crippen LogP contribution in [0.1, 0.15) is 31.0 Å². The first-order valence-electron chi connectivity index (χ1n) is 7.68. The zero-order valence-electron chi connectivity index (χ0n) is 13.8. The molecule has 0 aliphatic heterocycles. The van der Waals surface area contributed by atoms with Crippen LogP contribution in [0.3, 0.4) is 0 Å². The van der Waals surface area contributed by atoms with Gasteiger partial charge in [-0.15, -0.1) is 0 Å². The summed E-state index contributed by atoms with van der Waals surface area (Å²) in [7, 11) is 0. The first-order chi connectivity index (χ1) is 11.5. The highest BCUT2D eigenvalue weighted by atomic mass is 16.5. The number of guanidine groups is 1. The van der Waals surface area contributed by atoms with Gasteiger partial charge in [-0.05, 0) is 25.5 Å². The molecule has 0 aliphatic rings. The van der Waals surface area contributed by atoms with Crippen molar-refractivity contribution in [1.29, 1.82) is 0 Å². The van der Waals surface area contributed by atoms with Crippen LogP contribution in [0.5, 0.6) is 5.75 Å². The monoisotopic (exact) mass is 326 g/mol. The summed E-state index contributed by atoms with van der Waals surface area (Å²) in [6, 6.07) is 16.1. The number of hydrogen-bond donors (Lipinski definition) is 3. The Hall–Kier alpha value is -3.02. The van der Waals surface area contributed by atoms with Gasteiger partial charge in [-0.25, -0.2) is 4.79 Å². The van der Waals surface area contributed by atoms with Gasteiger partial charge in [0.15, 0.2) is 5.96 Å². The topological polar surface area (TPSA) is 103 Å². The normalized spacial score (nSPS) is 11.6. The fraction of sp³-hybridized carbons (Fsp3) is 0.222. The summed E-state index contributed by atoms with van der Waals surface area (Å²) in [6.07, 6.45) is 0.0102. The van der Waals surface area contributed by atoms with E-state index in [1.807, 2.05) is 68.4 Å². The number of hydrogen-bond acceptors (Lipinski definition) is 2. The minimum Gasteiger partial charge on any atom is -0.491 e. The van der Waals surface area contributed by atoms with Gasteiger partial charge >= 0.3 is 6.03 Å². The molecular weight excluding hydrogens is 304 g/mol. The average Bonchev–Trinajstić information content (AvgIpc) is 2.53. The number of urea groups is 1. The number of carbonyl (C=O) groups is 1. The minimum atomic E-state index is -0.608. The molecule has 2 aromatic carbocycles. The third kappa shape index (κ3) is 4.74. The lowest BCUT2D eigenvalue weighted by Gasteiger charge is -2.22. The number of amides is 2. The Morgan fingerprint density at radius 1 is 1.04 bits per heavy atom. The second-order valence-corrected chi connectivity index (χ2v) is 5.53. The lowest BCUT2D eigenvalue weighted by atomic mass is 9.98. The molecular formula is C18H22N4O2. The molecule has 0 aromatic heterocycles. The smallest absolute Gasteiger partial charge is 0.344 e. The summed E-state index contributed by atoms with van der Waals surface area (Å²) >= 11 is 0. The van der Waals surface area contributed by atoms with E-state index in [1.54, 1.807) is 0 Å². The molecule has 5 N–H and O–H groups in total. The maximum absolute atomic E-state index is 12.0. The van der Waals surface area contributed by atoms with Crippen molar-refractivity contribution >= 4 is 12.0 Å². The highest BCUT2D eigenvalue weighted by Gasteiger charge is 2.20. The van der Waals surface area contributed by atoms with Gasteiger partial charge in [-0.2, -0.15) is 4.99 Å². The maximum Gasteiger partial charge on any atom is 0.344 e. The summed E-state index contributed by atoms with van der Waals surface area (Å²) in [5, 5.41) is 2.83. The number of para-hydroxylation sites is 1. The first kappa shape index (κ1) is 17.3. The molecule has 0 saturated heterocycles. The zero-order chi connectivity index (χ0) is 17.5. The van der Waals surface area contributed by atoms with Crippen LogP contribution < -0.4 is 21.5 Å². The van der Waals surface area contributed by atoms with Gasteiger partial charge in [-0.1, -0.05) is 48.5 Å². The molecule has 0 saturated carbocycles. The Morgan fingerprint density at radius 3 is 2.29 bits per heavy atom. The molecule has 1 unspecified atom stereocenters. The second kappa shape index (κ2) is 8.01. The highest BCUT2D eigenvalue weighted by molar-refractivity contribution is 5.90. The molecule has 0 bridgehead atoms. The van der Waals surface area contributed by atoms with Crippen LogP contribution in [0.15, 0.2) is 59.6 Å². The molecule has 24 heavy (non-hydrogen) atoms. The van der Waals surface area contributed by atoms with E-state index < -0.39 is 12.1 Å². The molecule has 2 rings (SSSR count). The van der Waals surface area contributed by atoms with Gasteiger partial charge in [0.2, 0.25) is 0 Å². The molecule has 2 aromatic rings. The van der Waals surface area contributed by atoms with Gasteiger partial charge in [0.25, 0.3) is 0 Å². The van der Waals surface area contributed by atoms with E-state index in [0.717, 1.165) is 11.1 Å². The SMILES string of the molecule is CC(C)Oc1ccccc1C(NC(=O)N=C(N)N)c1ccccc1. The van der Waals surface area contributed by atoms with Gasteiger partial charge < -0.3 is 21.5 Å². The molecule has 126 valence electrons. The third-order valence-electron chi connectivity index (χ3n) is 3.22. The third-order valence-corrected chi connectivity index (χ3v) is 3.22. The molecule has 6 nitrogen and oxygen atoms in total. The molecule has 6 heteroatoms. The van der Waals surface area contributed by atoms with Crippen molar-refractivity contribution in [2.45, 2.75) is 26.0 Å². The molecule has 0 heterocycles. The van der Waals surface area contributed by atoms with E-state index in [4.69, 9.17) is 16.2 Å². The van der Waals surface area contributed by atoms with Gasteiger partial charge in [0.05, 0.1) is 12.1 Å². The Morgan fingerprint density at radius 2 is 1.67 bits per heavy atom. The quantitative estimate of drug-likeness (QED) is 0.580. The number of nitrogens with zero attached hydrogens (tertiary/aromatic N) is 1. The number of nitrogens with one attached hydrogen (secondary N) is 1. The predicted molar refractivity (Wildman–Crippen MR) is 94.8 cm³/mol. The Labute approximate surface area is 141 Å². The standard InChI is InChI=1S/C18H22N4O2/c1-12(2)24-15-11-7-6-10-14(15)16(13-8-4-3-5-9-13)21-18(23)22-17(19)20/h3-12,16H,1-2H3,(H5,19,20,21,22,23). The second-order valence-electron chi connectivity index (χ2n) is 5.53. The number of nitrogens with two attached hydrogens (primary N) is 2. The molecule has 1 atom stereocenters. The summed E-state index contributed by atoms with van der Waals surface area (Å²) in [6.45, 7) is 3.90. The van der Waals surface area contributed by atoms with Crippen molar-refractivity contribution in [3.05, 3.63) is 65.7 Å². The highest BCUT2D eigenvalue weighted by Crippen LogP contribution is 2.30. The van der Waals surface area contributed by atoms with Crippen molar-refractivity contribution in [3.63, 3.8) is 0 Å². The number of rotatable bonds is 5. The lowest BCUT2D eigenvalue weighted by molar-refractivity contribution is 0.236. The van der Waals surface area contributed by atoms with E-state index in [1.165, 1.54) is 0 Å². The zero-order valence-corrected chi connectivity index (χ0v) is 13.8. The van der Waals surface area contributed by atoms with Crippen LogP contribution in [-0.2, 0) is 0 Å². The van der Waals surface area contributed by atoms with Crippen molar-refractivity contribution in [1.82, 2.24) is 5.32 Å². The number of aliphatic imine (C=N–C) groups is 1. The summed E-state index contributed by atoms with van der Waals surface area (Å²) in [4.78, 5) is 15.6. The molecule has 0 spiro atoms. The van der Waals surface area contributed by atoms with E-state index in [2.05, 4.69) is 10.3 Å². The van der Waals surface area contributed by atoms with E-state index in [0.29, 0.717) is 5.75 Å². The van der Waals surface area contributed by atoms with Crippen LogP contribution in [0.4, 0.5) is 4.79 Å². The van der Waals surface area contributed by atoms with Crippen molar-refractivity contribution < 1.29 is 9.53 Å². The van der Waals surface area contributed by atoms with Crippen LogP contribution in [0.2, 0.25) is 0 Å². The fourth-order valence-electron chi connectivity index (χ4n) is 2.34. The Bertz CT molecular complexity index is 710. The van der Waals surface area contributed by atoms with Gasteiger partial charge in [0.1, 0.15) is 5.75 Å². The summed E-state index contributed by atoms with van der Waals surface area (Å²) in [5.74, 6) is 0.414. The minimum absolute atomic E-state index is 0.0102. The average molecular weight is 326 g/mol. The maximum atomic E-state index is 12.0. The molecule has 0 fully saturated rings. The molecule has 0 aliphatic carbocycles. The van der Waals surface area contributed by atoms with Gasteiger partial charge in [0, 0.05) is 5.56 Å². The van der Waals surface area contributed by atoms with Crippen LogP contribution in [0, 0.1) is 0 Å². The molecule has 2 amide bonds.